The van der Waals surface area contributed by atoms with Crippen LogP contribution in [0.3, 0.4) is 0 Å². The van der Waals surface area contributed by atoms with Gasteiger partial charge in [-0.25, -0.2) is 14.6 Å². The van der Waals surface area contributed by atoms with E-state index in [9.17, 15) is 19.5 Å². The molecule has 1 heterocycles. The smallest absolute Gasteiger partial charge is 0.413 e. The number of aliphatic carboxylic acids is 1. The molecule has 4 rings (SSSR count). The molecule has 0 bridgehead atoms. The number of carbonyl (C=O) groups is 3. The van der Waals surface area contributed by atoms with Gasteiger partial charge in [-0.05, 0) is 28.2 Å². The van der Waals surface area contributed by atoms with Crippen molar-refractivity contribution in [2.24, 2.45) is 5.92 Å². The third-order valence-corrected chi connectivity index (χ3v) is 6.50. The van der Waals surface area contributed by atoms with Crippen LogP contribution in [0.4, 0.5) is 9.93 Å². The van der Waals surface area contributed by atoms with Gasteiger partial charge in [0.2, 0.25) is 5.91 Å². The Balaban J connectivity index is 1.33. The molecule has 0 spiro atoms. The van der Waals surface area contributed by atoms with E-state index in [1.165, 1.54) is 11.3 Å². The molecule has 1 atom stereocenters. The number of benzene rings is 2. The van der Waals surface area contributed by atoms with Crippen LogP contribution in [0.25, 0.3) is 11.1 Å². The molecule has 9 heteroatoms. The van der Waals surface area contributed by atoms with Gasteiger partial charge in [-0.3, -0.25) is 10.1 Å². The maximum absolute atomic E-state index is 12.4. The molecule has 1 aliphatic rings. The summed E-state index contributed by atoms with van der Waals surface area (Å²) in [7, 11) is 0. The molecule has 0 saturated heterocycles. The minimum Gasteiger partial charge on any atom is -0.480 e. The highest BCUT2D eigenvalue weighted by Crippen LogP contribution is 2.44. The first-order chi connectivity index (χ1) is 16.3. The Kier molecular flexibility index (Phi) is 6.93. The van der Waals surface area contributed by atoms with Crippen molar-refractivity contribution in [3.05, 3.63) is 70.7 Å². The number of hydrogen-bond acceptors (Lipinski definition) is 6. The number of rotatable bonds is 8. The van der Waals surface area contributed by atoms with Crippen LogP contribution in [0.1, 0.15) is 36.6 Å². The van der Waals surface area contributed by atoms with Crippen molar-refractivity contribution in [1.82, 2.24) is 10.3 Å². The molecular formula is C25H25N3O5S. The number of ether oxygens (including phenoxy) is 1. The summed E-state index contributed by atoms with van der Waals surface area (Å²) in [6.45, 7) is 3.63. The van der Waals surface area contributed by atoms with Crippen molar-refractivity contribution in [3.63, 3.8) is 0 Å². The topological polar surface area (TPSA) is 118 Å². The van der Waals surface area contributed by atoms with Crippen molar-refractivity contribution >= 4 is 34.4 Å². The van der Waals surface area contributed by atoms with Gasteiger partial charge in [0, 0.05) is 11.3 Å². The van der Waals surface area contributed by atoms with Crippen molar-refractivity contribution in [1.29, 1.82) is 0 Å². The number of fused-ring (bicyclic) bond motifs is 3. The maximum Gasteiger partial charge on any atom is 0.413 e. The summed E-state index contributed by atoms with van der Waals surface area (Å²) in [5.74, 6) is -1.82. The van der Waals surface area contributed by atoms with Crippen LogP contribution >= 0.6 is 11.3 Å². The zero-order valence-electron chi connectivity index (χ0n) is 18.8. The SMILES string of the molecule is CC(C)[C@@H](NC(=O)Cc1csc(NC(=O)OCC2c3ccccc3-c3ccccc32)n1)C(=O)O. The summed E-state index contributed by atoms with van der Waals surface area (Å²) in [6.07, 6.45) is -0.711. The fourth-order valence-electron chi connectivity index (χ4n) is 4.07. The molecule has 0 saturated carbocycles. The molecule has 34 heavy (non-hydrogen) atoms. The Bertz CT molecular complexity index is 1180. The third kappa shape index (κ3) is 5.09. The maximum atomic E-state index is 12.4. The van der Waals surface area contributed by atoms with Crippen molar-refractivity contribution in [2.45, 2.75) is 32.2 Å². The molecule has 0 radical (unpaired) electrons. The van der Waals surface area contributed by atoms with Gasteiger partial charge in [-0.2, -0.15) is 0 Å². The summed E-state index contributed by atoms with van der Waals surface area (Å²) >= 11 is 1.17. The molecule has 176 valence electrons. The molecule has 3 N–H and O–H groups in total. The van der Waals surface area contributed by atoms with Gasteiger partial charge < -0.3 is 15.2 Å². The van der Waals surface area contributed by atoms with E-state index in [0.29, 0.717) is 10.8 Å². The second-order valence-electron chi connectivity index (χ2n) is 8.40. The zero-order valence-corrected chi connectivity index (χ0v) is 19.6. The lowest BCUT2D eigenvalue weighted by Crippen LogP contribution is -2.44. The minimum atomic E-state index is -1.08. The van der Waals surface area contributed by atoms with Crippen LogP contribution < -0.4 is 10.6 Å². The molecule has 2 aromatic carbocycles. The quantitative estimate of drug-likeness (QED) is 0.444. The second kappa shape index (κ2) is 10.0. The fourth-order valence-corrected chi connectivity index (χ4v) is 4.77. The molecule has 1 aromatic heterocycles. The van der Waals surface area contributed by atoms with E-state index in [-0.39, 0.29) is 24.9 Å². The molecule has 0 fully saturated rings. The fraction of sp³-hybridized carbons (Fsp3) is 0.280. The summed E-state index contributed by atoms with van der Waals surface area (Å²) < 4.78 is 5.51. The van der Waals surface area contributed by atoms with Gasteiger partial charge in [0.15, 0.2) is 5.13 Å². The lowest BCUT2D eigenvalue weighted by molar-refractivity contribution is -0.143. The number of carboxylic acid groups (broad SMARTS) is 1. The Morgan fingerprint density at radius 2 is 1.68 bits per heavy atom. The van der Waals surface area contributed by atoms with E-state index in [0.717, 1.165) is 22.3 Å². The number of carbonyl (C=O) groups excluding carboxylic acids is 2. The van der Waals surface area contributed by atoms with Gasteiger partial charge in [-0.1, -0.05) is 62.4 Å². The highest BCUT2D eigenvalue weighted by molar-refractivity contribution is 7.13. The van der Waals surface area contributed by atoms with Gasteiger partial charge in [0.05, 0.1) is 12.1 Å². The number of thiazole rings is 1. The number of anilines is 1. The van der Waals surface area contributed by atoms with Crippen LogP contribution in [0.5, 0.6) is 0 Å². The molecule has 0 aliphatic heterocycles. The van der Waals surface area contributed by atoms with E-state index in [1.807, 2.05) is 36.4 Å². The van der Waals surface area contributed by atoms with Crippen molar-refractivity contribution < 1.29 is 24.2 Å². The van der Waals surface area contributed by atoms with E-state index in [2.05, 4.69) is 27.8 Å². The summed E-state index contributed by atoms with van der Waals surface area (Å²) in [4.78, 5) is 40.1. The predicted molar refractivity (Wildman–Crippen MR) is 129 cm³/mol. The Hall–Kier alpha value is -3.72. The number of hydrogen-bond donors (Lipinski definition) is 3. The zero-order chi connectivity index (χ0) is 24.2. The van der Waals surface area contributed by atoms with Crippen LogP contribution in [-0.4, -0.2) is 40.7 Å². The van der Waals surface area contributed by atoms with Crippen LogP contribution in [-0.2, 0) is 20.7 Å². The van der Waals surface area contributed by atoms with Crippen LogP contribution in [0.2, 0.25) is 0 Å². The van der Waals surface area contributed by atoms with Crippen LogP contribution in [0, 0.1) is 5.92 Å². The number of nitrogens with one attached hydrogen (secondary N) is 2. The molecule has 8 nitrogen and oxygen atoms in total. The molecule has 0 unspecified atom stereocenters. The summed E-state index contributed by atoms with van der Waals surface area (Å²) in [6, 6.07) is 15.2. The normalized spacial score (nSPS) is 13.1. The first kappa shape index (κ1) is 23.4. The van der Waals surface area contributed by atoms with Gasteiger partial charge in [-0.15, -0.1) is 11.3 Å². The van der Waals surface area contributed by atoms with Gasteiger partial charge >= 0.3 is 12.1 Å². The molecule has 1 aliphatic carbocycles. The average Bonchev–Trinajstić information content (AvgIpc) is 3.37. The van der Waals surface area contributed by atoms with E-state index in [1.54, 1.807) is 19.2 Å². The lowest BCUT2D eigenvalue weighted by Gasteiger charge is -2.17. The highest BCUT2D eigenvalue weighted by atomic mass is 32.1. The second-order valence-corrected chi connectivity index (χ2v) is 9.26. The predicted octanol–water partition coefficient (Wildman–Crippen LogP) is 4.27. The lowest BCUT2D eigenvalue weighted by atomic mass is 9.98. The molecule has 2 amide bonds. The number of amides is 2. The van der Waals surface area contributed by atoms with Crippen LogP contribution in [0.15, 0.2) is 53.9 Å². The first-order valence-electron chi connectivity index (χ1n) is 10.9. The van der Waals surface area contributed by atoms with Crippen molar-refractivity contribution in [2.75, 3.05) is 11.9 Å². The Morgan fingerprint density at radius 1 is 1.06 bits per heavy atom. The monoisotopic (exact) mass is 479 g/mol. The standard InChI is InChI=1S/C25H25N3O5S/c1-14(2)22(23(30)31)27-21(29)11-15-13-34-24(26-15)28-25(32)33-12-20-18-9-5-3-7-16(18)17-8-4-6-10-19(17)20/h3-10,13-14,20,22H,11-12H2,1-2H3,(H,27,29)(H,30,31)(H,26,28,32)/t22-/m1/s1. The average molecular weight is 480 g/mol. The number of nitrogens with zero attached hydrogens (tertiary/aromatic N) is 1. The number of carboxylic acids is 1. The number of aromatic nitrogens is 1. The summed E-state index contributed by atoms with van der Waals surface area (Å²) in [5.41, 5.74) is 4.99. The largest absolute Gasteiger partial charge is 0.480 e. The van der Waals surface area contributed by atoms with E-state index < -0.39 is 24.0 Å². The Labute approximate surface area is 201 Å². The molecule has 3 aromatic rings. The van der Waals surface area contributed by atoms with E-state index >= 15 is 0 Å². The summed E-state index contributed by atoms with van der Waals surface area (Å²) in [5, 5.41) is 16.3. The van der Waals surface area contributed by atoms with E-state index in [4.69, 9.17) is 4.74 Å². The minimum absolute atomic E-state index is 0.0446. The third-order valence-electron chi connectivity index (χ3n) is 5.70. The highest BCUT2D eigenvalue weighted by Gasteiger charge is 2.29. The van der Waals surface area contributed by atoms with Gasteiger partial charge in [0.1, 0.15) is 12.6 Å². The Morgan fingerprint density at radius 3 is 2.26 bits per heavy atom. The molecular weight excluding hydrogens is 454 g/mol. The van der Waals surface area contributed by atoms with Crippen molar-refractivity contribution in [3.8, 4) is 11.1 Å². The van der Waals surface area contributed by atoms with Gasteiger partial charge in [0.25, 0.3) is 0 Å². The first-order valence-corrected chi connectivity index (χ1v) is 11.8.